The maximum atomic E-state index is 12.6. The Hall–Kier alpha value is -3.72. The van der Waals surface area contributed by atoms with Crippen molar-refractivity contribution in [1.82, 2.24) is 20.3 Å². The Morgan fingerprint density at radius 3 is 3.03 bits per heavy atom. The van der Waals surface area contributed by atoms with E-state index in [1.807, 2.05) is 24.3 Å². The number of amides is 1. The van der Waals surface area contributed by atoms with Crippen LogP contribution < -0.4 is 26.5 Å². The second-order valence-electron chi connectivity index (χ2n) is 7.00. The molecular formula is C21H22N6O3. The van der Waals surface area contributed by atoms with Crippen LogP contribution in [-0.4, -0.2) is 40.1 Å². The quantitative estimate of drug-likeness (QED) is 0.490. The first-order valence-electron chi connectivity index (χ1n) is 9.68. The van der Waals surface area contributed by atoms with Crippen LogP contribution in [0.1, 0.15) is 23.3 Å². The van der Waals surface area contributed by atoms with Gasteiger partial charge in [0, 0.05) is 30.1 Å². The van der Waals surface area contributed by atoms with Crippen LogP contribution in [0, 0.1) is 0 Å². The number of anilines is 2. The molecule has 30 heavy (non-hydrogen) atoms. The zero-order valence-electron chi connectivity index (χ0n) is 16.2. The van der Waals surface area contributed by atoms with Gasteiger partial charge >= 0.3 is 0 Å². The van der Waals surface area contributed by atoms with E-state index in [0.29, 0.717) is 24.1 Å². The smallest absolute Gasteiger partial charge is 0.278 e. The van der Waals surface area contributed by atoms with Crippen LogP contribution in [0.2, 0.25) is 0 Å². The molecule has 5 N–H and O–H groups in total. The highest BCUT2D eigenvalue weighted by Crippen LogP contribution is 2.24. The summed E-state index contributed by atoms with van der Waals surface area (Å²) in [4.78, 5) is 35.7. The number of carbonyl (C=O) groups excluding carboxylic acids is 1. The summed E-state index contributed by atoms with van der Waals surface area (Å²) in [5.74, 6) is 0.0724. The molecular weight excluding hydrogens is 384 g/mol. The molecule has 3 aromatic rings. The number of benzene rings is 1. The molecule has 1 aromatic carbocycles. The van der Waals surface area contributed by atoms with Crippen LogP contribution >= 0.6 is 0 Å². The minimum absolute atomic E-state index is 0.0247. The molecule has 9 heteroatoms. The molecule has 0 bridgehead atoms. The highest BCUT2D eigenvalue weighted by Gasteiger charge is 2.17. The topological polar surface area (TPSA) is 135 Å². The number of H-pyrrole nitrogens is 1. The Kier molecular flexibility index (Phi) is 5.71. The van der Waals surface area contributed by atoms with Crippen molar-refractivity contribution in [3.63, 3.8) is 0 Å². The number of nitrogens with zero attached hydrogens (tertiary/aromatic N) is 2. The first-order valence-corrected chi connectivity index (χ1v) is 9.68. The summed E-state index contributed by atoms with van der Waals surface area (Å²) in [5.41, 5.74) is 6.79. The molecule has 1 amide bonds. The van der Waals surface area contributed by atoms with E-state index in [-0.39, 0.29) is 22.6 Å². The van der Waals surface area contributed by atoms with Crippen LogP contribution in [0.15, 0.2) is 53.7 Å². The fourth-order valence-electron chi connectivity index (χ4n) is 3.24. The van der Waals surface area contributed by atoms with E-state index >= 15 is 0 Å². The molecule has 9 nitrogen and oxygen atoms in total. The Morgan fingerprint density at radius 2 is 2.23 bits per heavy atom. The fraction of sp³-hybridized carbons (Fsp3) is 0.238. The lowest BCUT2D eigenvalue weighted by Gasteiger charge is -2.13. The van der Waals surface area contributed by atoms with Gasteiger partial charge in [-0.25, -0.2) is 9.97 Å². The second kappa shape index (κ2) is 8.75. The number of nitrogen functional groups attached to an aromatic ring is 1. The zero-order chi connectivity index (χ0) is 20.9. The number of carbonyl (C=O) groups is 1. The first kappa shape index (κ1) is 19.6. The summed E-state index contributed by atoms with van der Waals surface area (Å²) in [6.07, 6.45) is 6.64. The molecule has 3 heterocycles. The summed E-state index contributed by atoms with van der Waals surface area (Å²) in [6, 6.07) is 9.10. The number of rotatable bonds is 6. The number of hydrogen-bond acceptors (Lipinski definition) is 7. The van der Waals surface area contributed by atoms with Crippen LogP contribution in [0.4, 0.5) is 11.5 Å². The van der Waals surface area contributed by atoms with Crippen LogP contribution in [-0.2, 0) is 0 Å². The minimum Gasteiger partial charge on any atom is -0.492 e. The Morgan fingerprint density at radius 1 is 1.33 bits per heavy atom. The van der Waals surface area contributed by atoms with Crippen molar-refractivity contribution < 1.29 is 9.53 Å². The van der Waals surface area contributed by atoms with E-state index in [4.69, 9.17) is 10.5 Å². The van der Waals surface area contributed by atoms with Gasteiger partial charge in [-0.2, -0.15) is 0 Å². The van der Waals surface area contributed by atoms with Crippen LogP contribution in [0.25, 0.3) is 11.3 Å². The van der Waals surface area contributed by atoms with Crippen molar-refractivity contribution >= 4 is 17.4 Å². The molecule has 1 saturated heterocycles. The largest absolute Gasteiger partial charge is 0.492 e. The van der Waals surface area contributed by atoms with Crippen molar-refractivity contribution in [2.24, 2.45) is 0 Å². The Labute approximate surface area is 172 Å². The summed E-state index contributed by atoms with van der Waals surface area (Å²) >= 11 is 0. The summed E-state index contributed by atoms with van der Waals surface area (Å²) < 4.78 is 5.89. The maximum absolute atomic E-state index is 12.6. The molecule has 1 aliphatic heterocycles. The third kappa shape index (κ3) is 4.47. The lowest BCUT2D eigenvalue weighted by Crippen LogP contribution is -2.28. The first-order chi connectivity index (χ1) is 14.6. The van der Waals surface area contributed by atoms with Gasteiger partial charge in [-0.3, -0.25) is 9.59 Å². The lowest BCUT2D eigenvalue weighted by molar-refractivity contribution is 0.102. The van der Waals surface area contributed by atoms with E-state index in [9.17, 15) is 9.59 Å². The molecule has 1 fully saturated rings. The highest BCUT2D eigenvalue weighted by molar-refractivity contribution is 6.05. The van der Waals surface area contributed by atoms with E-state index in [1.165, 1.54) is 24.7 Å². The van der Waals surface area contributed by atoms with E-state index in [2.05, 4.69) is 25.6 Å². The van der Waals surface area contributed by atoms with Gasteiger partial charge in [-0.1, -0.05) is 12.1 Å². The standard InChI is InChI=1S/C21H22N6O3/c22-20-19(21(29)27-17-10-23-8-6-18(17)28)26-16(11-25-20)13-3-1-5-15(9-13)30-12-14-4-2-7-24-14/h1,3,5-6,8-11,14,24H,2,4,7,12H2,(H2,22,25)(H,23,28)(H,27,29). The third-order valence-electron chi connectivity index (χ3n) is 4.83. The van der Waals surface area contributed by atoms with Gasteiger partial charge in [0.1, 0.15) is 18.0 Å². The normalized spacial score (nSPS) is 15.7. The van der Waals surface area contributed by atoms with Gasteiger partial charge < -0.3 is 26.1 Å². The molecule has 0 saturated carbocycles. The SMILES string of the molecule is Nc1ncc(-c2cccc(OCC3CCCN3)c2)nc1C(=O)Nc1c[nH]ccc1=O. The monoisotopic (exact) mass is 406 g/mol. The van der Waals surface area contributed by atoms with Gasteiger partial charge in [0.15, 0.2) is 11.5 Å². The van der Waals surface area contributed by atoms with Gasteiger partial charge in [-0.05, 0) is 31.5 Å². The van der Waals surface area contributed by atoms with Crippen molar-refractivity contribution in [1.29, 1.82) is 0 Å². The minimum atomic E-state index is -0.613. The number of ether oxygens (including phenoxy) is 1. The zero-order valence-corrected chi connectivity index (χ0v) is 16.2. The van der Waals surface area contributed by atoms with Crippen LogP contribution in [0.3, 0.4) is 0 Å². The molecule has 0 spiro atoms. The average Bonchev–Trinajstić information content (AvgIpc) is 3.28. The maximum Gasteiger partial charge on any atom is 0.278 e. The van der Waals surface area contributed by atoms with Gasteiger partial charge in [0.25, 0.3) is 5.91 Å². The summed E-state index contributed by atoms with van der Waals surface area (Å²) in [6.45, 7) is 1.62. The van der Waals surface area contributed by atoms with Gasteiger partial charge in [-0.15, -0.1) is 0 Å². The summed E-state index contributed by atoms with van der Waals surface area (Å²) in [7, 11) is 0. The number of nitrogens with two attached hydrogens (primary N) is 1. The second-order valence-corrected chi connectivity index (χ2v) is 7.00. The molecule has 2 aromatic heterocycles. The predicted octanol–water partition coefficient (Wildman–Crippen LogP) is 1.80. The number of aromatic amines is 1. The van der Waals surface area contributed by atoms with E-state index in [0.717, 1.165) is 24.9 Å². The number of nitrogens with one attached hydrogen (secondary N) is 3. The molecule has 0 aliphatic carbocycles. The Balaban J connectivity index is 1.54. The molecule has 0 radical (unpaired) electrons. The average molecular weight is 406 g/mol. The van der Waals surface area contributed by atoms with Crippen molar-refractivity contribution in [2.45, 2.75) is 18.9 Å². The lowest BCUT2D eigenvalue weighted by atomic mass is 10.1. The van der Waals surface area contributed by atoms with E-state index < -0.39 is 5.91 Å². The highest BCUT2D eigenvalue weighted by atomic mass is 16.5. The number of aromatic nitrogens is 3. The van der Waals surface area contributed by atoms with Crippen molar-refractivity contribution in [3.8, 4) is 17.0 Å². The fourth-order valence-corrected chi connectivity index (χ4v) is 3.24. The Bertz CT molecular complexity index is 1110. The molecule has 154 valence electrons. The third-order valence-corrected chi connectivity index (χ3v) is 4.83. The summed E-state index contributed by atoms with van der Waals surface area (Å²) in [5, 5.41) is 5.91. The molecule has 1 atom stereocenters. The molecule has 1 unspecified atom stereocenters. The van der Waals surface area contributed by atoms with Gasteiger partial charge in [0.05, 0.1) is 11.9 Å². The number of pyridine rings is 1. The van der Waals surface area contributed by atoms with Crippen molar-refractivity contribution in [3.05, 3.63) is 64.8 Å². The van der Waals surface area contributed by atoms with E-state index in [1.54, 1.807) is 0 Å². The molecule has 1 aliphatic rings. The molecule has 4 rings (SSSR count). The number of hydrogen-bond donors (Lipinski definition) is 4. The predicted molar refractivity (Wildman–Crippen MR) is 113 cm³/mol. The van der Waals surface area contributed by atoms with Crippen LogP contribution in [0.5, 0.6) is 5.75 Å². The van der Waals surface area contributed by atoms with Gasteiger partial charge in [0.2, 0.25) is 5.43 Å². The van der Waals surface area contributed by atoms with Crippen molar-refractivity contribution in [2.75, 3.05) is 24.2 Å².